The van der Waals surface area contributed by atoms with Crippen LogP contribution in [0.3, 0.4) is 0 Å². The van der Waals surface area contributed by atoms with Crippen LogP contribution in [0.25, 0.3) is 34.0 Å². The molecule has 0 fully saturated rings. The Bertz CT molecular complexity index is 1310. The van der Waals surface area contributed by atoms with Gasteiger partial charge in [-0.1, -0.05) is 24.3 Å². The highest BCUT2D eigenvalue weighted by Crippen LogP contribution is 2.23. The predicted octanol–water partition coefficient (Wildman–Crippen LogP) is 4.94. The molecule has 0 atom stereocenters. The van der Waals surface area contributed by atoms with Crippen LogP contribution in [0.2, 0.25) is 0 Å². The van der Waals surface area contributed by atoms with Crippen LogP contribution in [0.1, 0.15) is 20.7 Å². The molecule has 0 amide bonds. The first-order valence-electron chi connectivity index (χ1n) is 10.3. The second kappa shape index (κ2) is 10.6. The molecule has 9 nitrogen and oxygen atoms in total. The van der Waals surface area contributed by atoms with Crippen molar-refractivity contribution in [3.8, 4) is 34.0 Å². The van der Waals surface area contributed by atoms with Crippen LogP contribution in [0.15, 0.2) is 102 Å². The van der Waals surface area contributed by atoms with Gasteiger partial charge in [-0.15, -0.1) is 10.2 Å². The van der Waals surface area contributed by atoms with Crippen LogP contribution >= 0.6 is 0 Å². The number of hydrogen-bond acceptors (Lipinski definition) is 7. The van der Waals surface area contributed by atoms with Crippen LogP contribution in [0.5, 0.6) is 0 Å². The van der Waals surface area contributed by atoms with E-state index in [1.54, 1.807) is 49.1 Å². The fraction of sp³-hybridized carbons (Fsp3) is 0. The molecule has 5 aromatic rings. The van der Waals surface area contributed by atoms with E-state index in [0.717, 1.165) is 22.3 Å². The monoisotopic (exact) mass is 466 g/mol. The third-order valence-electron chi connectivity index (χ3n) is 4.88. The van der Waals surface area contributed by atoms with Crippen molar-refractivity contribution in [2.24, 2.45) is 0 Å². The number of rotatable bonds is 5. The molecule has 5 rings (SSSR count). The van der Waals surface area contributed by atoms with Gasteiger partial charge < -0.3 is 14.6 Å². The van der Waals surface area contributed by atoms with Crippen molar-refractivity contribution in [1.29, 1.82) is 0 Å². The molecule has 0 spiro atoms. The third kappa shape index (κ3) is 5.79. The third-order valence-corrected chi connectivity index (χ3v) is 4.88. The zero-order valence-electron chi connectivity index (χ0n) is 18.1. The number of aromatic nitrogens is 4. The number of nitrogens with zero attached hydrogens (tertiary/aromatic N) is 4. The smallest absolute Gasteiger partial charge is 0.335 e. The molecule has 0 bridgehead atoms. The summed E-state index contributed by atoms with van der Waals surface area (Å²) in [5, 5.41) is 25.6. The van der Waals surface area contributed by atoms with Crippen LogP contribution in [-0.4, -0.2) is 42.3 Å². The van der Waals surface area contributed by atoms with Gasteiger partial charge in [-0.3, -0.25) is 9.97 Å². The maximum Gasteiger partial charge on any atom is 0.335 e. The highest BCUT2D eigenvalue weighted by Gasteiger charge is 2.09. The summed E-state index contributed by atoms with van der Waals surface area (Å²) in [7, 11) is 0. The van der Waals surface area contributed by atoms with E-state index < -0.39 is 11.9 Å². The van der Waals surface area contributed by atoms with Gasteiger partial charge in [-0.2, -0.15) is 0 Å². The number of carbonyl (C=O) groups is 2. The van der Waals surface area contributed by atoms with Crippen LogP contribution in [0.4, 0.5) is 0 Å². The molecular formula is C26H18N4O5. The van der Waals surface area contributed by atoms with E-state index >= 15 is 0 Å². The summed E-state index contributed by atoms with van der Waals surface area (Å²) in [5.74, 6) is -0.969. The molecule has 2 N–H and O–H groups in total. The molecule has 0 saturated heterocycles. The standard InChI is InChI=1S/C14H10O4.C12H8N4O/c15-13(16)11-5-1-9(2-6-11)10-3-7-12(8-4-10)14(17)18;1-5-13-6-2-9(1)11-15-16-12(17-11)10-3-7-14-8-4-10/h1-8H,(H,15,16)(H,17,18);1-8H. The molecule has 3 heterocycles. The summed E-state index contributed by atoms with van der Waals surface area (Å²) in [4.78, 5) is 29.3. The van der Waals surface area contributed by atoms with Crippen molar-refractivity contribution in [2.75, 3.05) is 0 Å². The molecule has 2 aromatic carbocycles. The molecule has 0 unspecified atom stereocenters. The van der Waals surface area contributed by atoms with Gasteiger partial charge in [0, 0.05) is 35.9 Å². The van der Waals surface area contributed by atoms with E-state index in [1.807, 2.05) is 24.3 Å². The van der Waals surface area contributed by atoms with Gasteiger partial charge >= 0.3 is 11.9 Å². The van der Waals surface area contributed by atoms with E-state index in [-0.39, 0.29) is 11.1 Å². The lowest BCUT2D eigenvalue weighted by molar-refractivity contribution is 0.0686. The van der Waals surface area contributed by atoms with Crippen molar-refractivity contribution in [1.82, 2.24) is 20.2 Å². The van der Waals surface area contributed by atoms with Gasteiger partial charge in [-0.05, 0) is 59.7 Å². The van der Waals surface area contributed by atoms with Crippen LogP contribution in [-0.2, 0) is 0 Å². The highest BCUT2D eigenvalue weighted by molar-refractivity contribution is 5.89. The number of aromatic carboxylic acids is 2. The zero-order valence-corrected chi connectivity index (χ0v) is 18.1. The summed E-state index contributed by atoms with van der Waals surface area (Å²) < 4.78 is 5.58. The fourth-order valence-corrected chi connectivity index (χ4v) is 3.06. The Balaban J connectivity index is 0.000000165. The second-order valence-corrected chi connectivity index (χ2v) is 7.15. The second-order valence-electron chi connectivity index (χ2n) is 7.15. The molecule has 35 heavy (non-hydrogen) atoms. The van der Waals surface area contributed by atoms with E-state index in [1.165, 1.54) is 24.3 Å². The van der Waals surface area contributed by atoms with Gasteiger partial charge in [-0.25, -0.2) is 9.59 Å². The number of carboxylic acid groups (broad SMARTS) is 2. The summed E-state index contributed by atoms with van der Waals surface area (Å²) in [6.45, 7) is 0. The minimum atomic E-state index is -0.970. The molecule has 9 heteroatoms. The lowest BCUT2D eigenvalue weighted by Gasteiger charge is -2.03. The maximum atomic E-state index is 10.7. The van der Waals surface area contributed by atoms with Crippen molar-refractivity contribution in [3.05, 3.63) is 109 Å². The largest absolute Gasteiger partial charge is 0.478 e. The molecule has 0 radical (unpaired) electrons. The normalized spacial score (nSPS) is 10.2. The quantitative estimate of drug-likeness (QED) is 0.368. The molecule has 0 aliphatic rings. The first-order chi connectivity index (χ1) is 17.0. The Kier molecular flexibility index (Phi) is 6.98. The summed E-state index contributed by atoms with van der Waals surface area (Å²) in [6.07, 6.45) is 6.74. The topological polar surface area (TPSA) is 139 Å². The zero-order chi connectivity index (χ0) is 24.6. The number of carboxylic acids is 2. The number of pyridine rings is 2. The average Bonchev–Trinajstić information content (AvgIpc) is 3.41. The number of benzene rings is 2. The first-order valence-corrected chi connectivity index (χ1v) is 10.3. The van der Waals surface area contributed by atoms with Crippen LogP contribution < -0.4 is 0 Å². The van der Waals surface area contributed by atoms with Gasteiger partial charge in [0.1, 0.15) is 0 Å². The molecule has 3 aromatic heterocycles. The van der Waals surface area contributed by atoms with Crippen molar-refractivity contribution >= 4 is 11.9 Å². The molecule has 0 saturated carbocycles. The summed E-state index contributed by atoms with van der Waals surface area (Å²) >= 11 is 0. The molecular weight excluding hydrogens is 448 g/mol. The molecule has 0 aliphatic heterocycles. The van der Waals surface area contributed by atoms with Gasteiger partial charge in [0.15, 0.2) is 0 Å². The Hall–Kier alpha value is -5.18. The van der Waals surface area contributed by atoms with Crippen molar-refractivity contribution < 1.29 is 24.2 Å². The maximum absolute atomic E-state index is 10.7. The molecule has 0 aliphatic carbocycles. The van der Waals surface area contributed by atoms with Gasteiger partial charge in [0.2, 0.25) is 11.8 Å². The van der Waals surface area contributed by atoms with E-state index in [0.29, 0.717) is 11.8 Å². The number of hydrogen-bond donors (Lipinski definition) is 2. The van der Waals surface area contributed by atoms with Gasteiger partial charge in [0.25, 0.3) is 0 Å². The van der Waals surface area contributed by atoms with Gasteiger partial charge in [0.05, 0.1) is 11.1 Å². The lowest BCUT2D eigenvalue weighted by Crippen LogP contribution is -1.96. The van der Waals surface area contributed by atoms with Crippen LogP contribution in [0, 0.1) is 0 Å². The Labute approximate surface area is 199 Å². The first kappa shape index (κ1) is 23.0. The minimum absolute atomic E-state index is 0.223. The lowest BCUT2D eigenvalue weighted by atomic mass is 10.0. The Morgan fingerprint density at radius 3 is 1.17 bits per heavy atom. The summed E-state index contributed by atoms with van der Waals surface area (Å²) in [5.41, 5.74) is 3.84. The molecule has 172 valence electrons. The van der Waals surface area contributed by atoms with Crippen molar-refractivity contribution in [2.45, 2.75) is 0 Å². The summed E-state index contributed by atoms with van der Waals surface area (Å²) in [6, 6.07) is 20.1. The van der Waals surface area contributed by atoms with E-state index in [4.69, 9.17) is 14.6 Å². The SMILES string of the molecule is O=C(O)c1ccc(-c2ccc(C(=O)O)cc2)cc1.c1cc(-c2nnc(-c3ccncc3)o2)ccn1. The highest BCUT2D eigenvalue weighted by atomic mass is 16.4. The van der Waals surface area contributed by atoms with Crippen molar-refractivity contribution in [3.63, 3.8) is 0 Å². The Morgan fingerprint density at radius 1 is 0.514 bits per heavy atom. The predicted molar refractivity (Wildman–Crippen MR) is 127 cm³/mol. The minimum Gasteiger partial charge on any atom is -0.478 e. The fourth-order valence-electron chi connectivity index (χ4n) is 3.06. The average molecular weight is 466 g/mol. The van der Waals surface area contributed by atoms with E-state index in [2.05, 4.69) is 20.2 Å². The Morgan fingerprint density at radius 2 is 0.857 bits per heavy atom. The van der Waals surface area contributed by atoms with E-state index in [9.17, 15) is 9.59 Å².